The van der Waals surface area contributed by atoms with Crippen LogP contribution in [0.2, 0.25) is 0 Å². The Morgan fingerprint density at radius 1 is 1.35 bits per heavy atom. The zero-order valence-corrected chi connectivity index (χ0v) is 16.2. The highest BCUT2D eigenvalue weighted by atomic mass is 32.2. The number of rotatable bonds is 4. The number of thioether (sulfide) groups is 1. The Balaban J connectivity index is 1.46. The lowest BCUT2D eigenvalue weighted by Crippen LogP contribution is -2.33. The minimum absolute atomic E-state index is 0.00333. The van der Waals surface area contributed by atoms with E-state index in [4.69, 9.17) is 4.74 Å². The average Bonchev–Trinajstić information content (AvgIpc) is 2.95. The summed E-state index contributed by atoms with van der Waals surface area (Å²) in [4.78, 5) is 23.5. The quantitative estimate of drug-likeness (QED) is 0.542. The van der Waals surface area contributed by atoms with Gasteiger partial charge in [0.05, 0.1) is 18.4 Å². The number of para-hydroxylation sites is 1. The highest BCUT2D eigenvalue weighted by Crippen LogP contribution is 2.35. The summed E-state index contributed by atoms with van der Waals surface area (Å²) in [7, 11) is 0. The number of nitrogens with zero attached hydrogens (tertiary/aromatic N) is 2. The fraction of sp³-hybridized carbons (Fsp3) is 0.316. The van der Waals surface area contributed by atoms with Crippen molar-refractivity contribution in [2.75, 3.05) is 12.4 Å². The van der Waals surface area contributed by atoms with Gasteiger partial charge in [0.2, 0.25) is 5.91 Å². The van der Waals surface area contributed by atoms with E-state index in [9.17, 15) is 4.79 Å². The summed E-state index contributed by atoms with van der Waals surface area (Å²) in [5.74, 6) is 1.20. The first kappa shape index (κ1) is 17.3. The second kappa shape index (κ2) is 7.25. The van der Waals surface area contributed by atoms with Crippen LogP contribution in [0.4, 0.5) is 0 Å². The molecule has 1 N–H and O–H groups in total. The predicted molar refractivity (Wildman–Crippen MR) is 105 cm³/mol. The Bertz CT molecular complexity index is 971. The molecule has 1 aromatic carbocycles. The zero-order valence-electron chi connectivity index (χ0n) is 14.6. The van der Waals surface area contributed by atoms with Crippen LogP contribution in [0.25, 0.3) is 10.2 Å². The molecule has 134 valence electrons. The lowest BCUT2D eigenvalue weighted by atomic mass is 10.0. The fourth-order valence-electron chi connectivity index (χ4n) is 3.12. The van der Waals surface area contributed by atoms with Crippen LogP contribution in [-0.2, 0) is 4.79 Å². The minimum Gasteiger partial charge on any atom is -0.493 e. The standard InChI is InChI=1S/C19H19N3O2S2/c1-11-12(2)26-19-17(11)18(20-10-21-19)25-9-16(23)22-14-7-8-24-15-6-4-3-5-13(14)15/h3-6,10,14H,7-9H2,1-2H3,(H,22,23)/t14-/m0/s1. The molecule has 1 aliphatic heterocycles. The maximum atomic E-state index is 12.5. The Labute approximate surface area is 160 Å². The van der Waals surface area contributed by atoms with E-state index in [1.54, 1.807) is 17.7 Å². The topological polar surface area (TPSA) is 64.1 Å². The van der Waals surface area contributed by atoms with Gasteiger partial charge in [-0.3, -0.25) is 4.79 Å². The van der Waals surface area contributed by atoms with E-state index in [2.05, 4.69) is 29.1 Å². The summed E-state index contributed by atoms with van der Waals surface area (Å²) in [6.07, 6.45) is 2.36. The first-order chi connectivity index (χ1) is 12.6. The Hall–Kier alpha value is -2.12. The van der Waals surface area contributed by atoms with Crippen molar-refractivity contribution in [3.63, 3.8) is 0 Å². The molecule has 5 nitrogen and oxygen atoms in total. The molecular weight excluding hydrogens is 366 g/mol. The molecule has 1 amide bonds. The van der Waals surface area contributed by atoms with Gasteiger partial charge in [-0.05, 0) is 25.5 Å². The van der Waals surface area contributed by atoms with E-state index in [1.165, 1.54) is 22.2 Å². The first-order valence-corrected chi connectivity index (χ1v) is 10.3. The van der Waals surface area contributed by atoms with Crippen LogP contribution >= 0.6 is 23.1 Å². The lowest BCUT2D eigenvalue weighted by Gasteiger charge is -2.26. The summed E-state index contributed by atoms with van der Waals surface area (Å²) in [6.45, 7) is 4.79. The van der Waals surface area contributed by atoms with Gasteiger partial charge in [-0.1, -0.05) is 30.0 Å². The SMILES string of the molecule is Cc1sc2ncnc(SCC(=O)N[C@H]3CCOc4ccccc43)c2c1C. The summed E-state index contributed by atoms with van der Waals surface area (Å²) >= 11 is 3.14. The third-order valence-electron chi connectivity index (χ3n) is 4.56. The van der Waals surface area contributed by atoms with Crippen LogP contribution in [0, 0.1) is 13.8 Å². The number of amides is 1. The van der Waals surface area contributed by atoms with Crippen molar-refractivity contribution < 1.29 is 9.53 Å². The molecule has 0 aliphatic carbocycles. The number of thiophene rings is 1. The summed E-state index contributed by atoms with van der Waals surface area (Å²) in [5, 5.41) is 5.08. The second-order valence-electron chi connectivity index (χ2n) is 6.23. The van der Waals surface area contributed by atoms with Gasteiger partial charge >= 0.3 is 0 Å². The molecule has 0 fully saturated rings. The van der Waals surface area contributed by atoms with Gasteiger partial charge in [0.15, 0.2) is 0 Å². The molecular formula is C19H19N3O2S2. The molecule has 0 spiro atoms. The van der Waals surface area contributed by atoms with Crippen molar-refractivity contribution >= 4 is 39.2 Å². The lowest BCUT2D eigenvalue weighted by molar-refractivity contribution is -0.119. The van der Waals surface area contributed by atoms with Gasteiger partial charge in [0.1, 0.15) is 21.9 Å². The van der Waals surface area contributed by atoms with Gasteiger partial charge < -0.3 is 10.1 Å². The Kier molecular flexibility index (Phi) is 4.82. The van der Waals surface area contributed by atoms with Crippen LogP contribution in [-0.4, -0.2) is 28.2 Å². The van der Waals surface area contributed by atoms with Crippen LogP contribution in [0.1, 0.15) is 28.5 Å². The molecule has 2 aromatic heterocycles. The minimum atomic E-state index is 0.00333. The number of nitrogens with one attached hydrogen (secondary N) is 1. The monoisotopic (exact) mass is 385 g/mol. The molecule has 26 heavy (non-hydrogen) atoms. The van der Waals surface area contributed by atoms with Crippen LogP contribution in [0.3, 0.4) is 0 Å². The van der Waals surface area contributed by atoms with E-state index in [0.717, 1.165) is 33.0 Å². The van der Waals surface area contributed by atoms with Gasteiger partial charge in [-0.15, -0.1) is 11.3 Å². The maximum absolute atomic E-state index is 12.5. The third-order valence-corrected chi connectivity index (χ3v) is 6.67. The average molecular weight is 386 g/mol. The molecule has 0 saturated carbocycles. The molecule has 0 unspecified atom stereocenters. The molecule has 3 aromatic rings. The maximum Gasteiger partial charge on any atom is 0.230 e. The summed E-state index contributed by atoms with van der Waals surface area (Å²) in [6, 6.07) is 7.88. The van der Waals surface area contributed by atoms with E-state index in [-0.39, 0.29) is 11.9 Å². The number of carbonyl (C=O) groups excluding carboxylic acids is 1. The molecule has 0 radical (unpaired) electrons. The second-order valence-corrected chi connectivity index (χ2v) is 8.39. The van der Waals surface area contributed by atoms with Gasteiger partial charge in [-0.2, -0.15) is 0 Å². The molecule has 3 heterocycles. The molecule has 1 atom stereocenters. The smallest absolute Gasteiger partial charge is 0.230 e. The molecule has 7 heteroatoms. The number of benzene rings is 1. The number of fused-ring (bicyclic) bond motifs is 2. The van der Waals surface area contributed by atoms with Crippen molar-refractivity contribution in [2.24, 2.45) is 0 Å². The van der Waals surface area contributed by atoms with E-state index in [1.807, 2.05) is 24.3 Å². The zero-order chi connectivity index (χ0) is 18.1. The number of carbonyl (C=O) groups is 1. The predicted octanol–water partition coefficient (Wildman–Crippen LogP) is 4.04. The molecule has 1 aliphatic rings. The van der Waals surface area contributed by atoms with Crippen LogP contribution < -0.4 is 10.1 Å². The van der Waals surface area contributed by atoms with Crippen molar-refractivity contribution in [3.05, 3.63) is 46.6 Å². The van der Waals surface area contributed by atoms with Gasteiger partial charge in [0, 0.05) is 22.2 Å². The molecule has 0 saturated heterocycles. The van der Waals surface area contributed by atoms with Crippen molar-refractivity contribution in [3.8, 4) is 5.75 Å². The first-order valence-electron chi connectivity index (χ1n) is 8.48. The van der Waals surface area contributed by atoms with E-state index in [0.29, 0.717) is 12.4 Å². The van der Waals surface area contributed by atoms with E-state index < -0.39 is 0 Å². The largest absolute Gasteiger partial charge is 0.493 e. The highest BCUT2D eigenvalue weighted by Gasteiger charge is 2.23. The van der Waals surface area contributed by atoms with Crippen molar-refractivity contribution in [2.45, 2.75) is 31.3 Å². The number of aryl methyl sites for hydroxylation is 2. The Morgan fingerprint density at radius 2 is 2.19 bits per heavy atom. The van der Waals surface area contributed by atoms with Gasteiger partial charge in [-0.25, -0.2) is 9.97 Å². The Morgan fingerprint density at radius 3 is 3.08 bits per heavy atom. The van der Waals surface area contributed by atoms with Crippen LogP contribution in [0.5, 0.6) is 5.75 Å². The number of ether oxygens (including phenoxy) is 1. The fourth-order valence-corrected chi connectivity index (χ4v) is 5.05. The number of aromatic nitrogens is 2. The van der Waals surface area contributed by atoms with Gasteiger partial charge in [0.25, 0.3) is 0 Å². The summed E-state index contributed by atoms with van der Waals surface area (Å²) in [5.41, 5.74) is 2.25. The number of hydrogen-bond donors (Lipinski definition) is 1. The van der Waals surface area contributed by atoms with Crippen molar-refractivity contribution in [1.82, 2.24) is 15.3 Å². The summed E-state index contributed by atoms with van der Waals surface area (Å²) < 4.78 is 5.66. The highest BCUT2D eigenvalue weighted by molar-refractivity contribution is 8.00. The normalized spacial score (nSPS) is 16.2. The van der Waals surface area contributed by atoms with Crippen molar-refractivity contribution in [1.29, 1.82) is 0 Å². The molecule has 0 bridgehead atoms. The van der Waals surface area contributed by atoms with E-state index >= 15 is 0 Å². The third kappa shape index (κ3) is 3.29. The van der Waals surface area contributed by atoms with Crippen LogP contribution in [0.15, 0.2) is 35.6 Å². The molecule has 4 rings (SSSR count). The number of hydrogen-bond acceptors (Lipinski definition) is 6.